The van der Waals surface area contributed by atoms with Gasteiger partial charge in [-0.25, -0.2) is 9.98 Å². The summed E-state index contributed by atoms with van der Waals surface area (Å²) >= 11 is 0. The summed E-state index contributed by atoms with van der Waals surface area (Å²) in [5.74, 6) is 1.98. The van der Waals surface area contributed by atoms with Crippen LogP contribution in [0, 0.1) is 0 Å². The van der Waals surface area contributed by atoms with Gasteiger partial charge in [-0.15, -0.1) is 0 Å². The normalized spacial score (nSPS) is 16.9. The summed E-state index contributed by atoms with van der Waals surface area (Å²) in [5.41, 5.74) is 1.15. The second kappa shape index (κ2) is 12.6. The Morgan fingerprint density at radius 2 is 1.93 bits per heavy atom. The number of unbranched alkanes of at least 4 members (excludes halogenated alkanes) is 2. The molecule has 1 aliphatic heterocycles. The number of pyridine rings is 1. The molecule has 2 N–H and O–H groups in total. The third kappa shape index (κ3) is 7.66. The summed E-state index contributed by atoms with van der Waals surface area (Å²) in [5, 5.41) is 6.88. The number of aliphatic imine (C=N–C) groups is 1. The molecule has 0 aromatic carbocycles. The molecule has 1 saturated heterocycles. The molecular weight excluding hydrogens is 348 g/mol. The molecule has 2 heterocycles. The number of aromatic nitrogens is 1. The monoisotopic (exact) mass is 388 g/mol. The van der Waals surface area contributed by atoms with Crippen molar-refractivity contribution >= 4 is 11.8 Å². The lowest BCUT2D eigenvalue weighted by Crippen LogP contribution is -2.46. The van der Waals surface area contributed by atoms with E-state index in [1.54, 1.807) is 0 Å². The number of hydrogen-bond donors (Lipinski definition) is 2. The predicted octanol–water partition coefficient (Wildman–Crippen LogP) is 3.25. The van der Waals surface area contributed by atoms with Crippen molar-refractivity contribution in [2.75, 3.05) is 44.2 Å². The van der Waals surface area contributed by atoms with Crippen molar-refractivity contribution in [3.05, 3.63) is 23.9 Å². The average molecular weight is 389 g/mol. The smallest absolute Gasteiger partial charge is 0.191 e. The molecule has 158 valence electrons. The minimum absolute atomic E-state index is 0.437. The van der Waals surface area contributed by atoms with Crippen molar-refractivity contribution in [1.29, 1.82) is 0 Å². The molecule has 1 aliphatic rings. The van der Waals surface area contributed by atoms with Gasteiger partial charge in [-0.05, 0) is 38.4 Å². The maximum atomic E-state index is 4.75. The minimum Gasteiger partial charge on any atom is -0.357 e. The SMILES string of the molecule is CCCCCC(C)NC(=NCc1ccc(N2CCN(CC)CC2)nc1)NCC. The Balaban J connectivity index is 1.86. The molecule has 0 saturated carbocycles. The topological polar surface area (TPSA) is 55.8 Å². The van der Waals surface area contributed by atoms with Crippen LogP contribution in [0.3, 0.4) is 0 Å². The first-order chi connectivity index (χ1) is 13.7. The fraction of sp³-hybridized carbons (Fsp3) is 0.727. The number of likely N-dealkylation sites (N-methyl/N-ethyl adjacent to an activating group) is 1. The molecule has 1 unspecified atom stereocenters. The molecule has 2 rings (SSSR count). The summed E-state index contributed by atoms with van der Waals surface area (Å²) in [6, 6.07) is 4.73. The van der Waals surface area contributed by atoms with Crippen LogP contribution in [0.15, 0.2) is 23.3 Å². The molecule has 1 aromatic rings. The molecule has 0 amide bonds. The highest BCUT2D eigenvalue weighted by atomic mass is 15.3. The van der Waals surface area contributed by atoms with Gasteiger partial charge in [0, 0.05) is 45.0 Å². The van der Waals surface area contributed by atoms with Crippen molar-refractivity contribution in [1.82, 2.24) is 20.5 Å². The van der Waals surface area contributed by atoms with Crippen LogP contribution < -0.4 is 15.5 Å². The van der Waals surface area contributed by atoms with Gasteiger partial charge in [-0.1, -0.05) is 39.2 Å². The lowest BCUT2D eigenvalue weighted by molar-refractivity contribution is 0.270. The predicted molar refractivity (Wildman–Crippen MR) is 120 cm³/mol. The molecule has 0 radical (unpaired) electrons. The Morgan fingerprint density at radius 3 is 2.54 bits per heavy atom. The van der Waals surface area contributed by atoms with Gasteiger partial charge < -0.3 is 20.4 Å². The highest BCUT2D eigenvalue weighted by molar-refractivity contribution is 5.80. The molecule has 0 spiro atoms. The Bertz CT molecular complexity index is 563. The van der Waals surface area contributed by atoms with Gasteiger partial charge in [0.05, 0.1) is 6.54 Å². The lowest BCUT2D eigenvalue weighted by atomic mass is 10.1. The summed E-state index contributed by atoms with van der Waals surface area (Å²) < 4.78 is 0. The van der Waals surface area contributed by atoms with Crippen molar-refractivity contribution in [3.63, 3.8) is 0 Å². The number of guanidine groups is 1. The summed E-state index contributed by atoms with van der Waals surface area (Å²) in [6.45, 7) is 15.8. The minimum atomic E-state index is 0.437. The Labute approximate surface area is 171 Å². The maximum absolute atomic E-state index is 4.75. The van der Waals surface area contributed by atoms with E-state index in [0.717, 1.165) is 56.6 Å². The molecular formula is C22H40N6. The first-order valence-corrected chi connectivity index (χ1v) is 11.1. The molecule has 6 heteroatoms. The number of anilines is 1. The van der Waals surface area contributed by atoms with E-state index in [2.05, 4.69) is 65.2 Å². The van der Waals surface area contributed by atoms with Gasteiger partial charge >= 0.3 is 0 Å². The van der Waals surface area contributed by atoms with Gasteiger partial charge in [0.25, 0.3) is 0 Å². The Hall–Kier alpha value is -1.82. The van der Waals surface area contributed by atoms with Crippen LogP contribution in [-0.2, 0) is 6.54 Å². The fourth-order valence-electron chi connectivity index (χ4n) is 3.49. The molecule has 6 nitrogen and oxygen atoms in total. The number of nitrogens with zero attached hydrogens (tertiary/aromatic N) is 4. The van der Waals surface area contributed by atoms with E-state index in [4.69, 9.17) is 4.99 Å². The fourth-order valence-corrected chi connectivity index (χ4v) is 3.49. The van der Waals surface area contributed by atoms with Crippen LogP contribution in [0.1, 0.15) is 58.9 Å². The van der Waals surface area contributed by atoms with Crippen molar-refractivity contribution in [2.45, 2.75) is 66.0 Å². The second-order valence-electron chi connectivity index (χ2n) is 7.68. The largest absolute Gasteiger partial charge is 0.357 e. The molecule has 1 aromatic heterocycles. The highest BCUT2D eigenvalue weighted by Gasteiger charge is 2.16. The summed E-state index contributed by atoms with van der Waals surface area (Å²) in [4.78, 5) is 14.3. The highest BCUT2D eigenvalue weighted by Crippen LogP contribution is 2.14. The number of hydrogen-bond acceptors (Lipinski definition) is 4. The van der Waals surface area contributed by atoms with E-state index in [1.165, 1.54) is 25.7 Å². The number of piperazine rings is 1. The standard InChI is InChI=1S/C22H40N6/c1-5-8-9-10-19(4)26-22(23-6-2)25-18-20-11-12-21(24-17-20)28-15-13-27(7-3)14-16-28/h11-12,17,19H,5-10,13-16,18H2,1-4H3,(H2,23,25,26). The lowest BCUT2D eigenvalue weighted by Gasteiger charge is -2.34. The van der Waals surface area contributed by atoms with Gasteiger partial charge in [0.2, 0.25) is 0 Å². The quantitative estimate of drug-likeness (QED) is 0.366. The maximum Gasteiger partial charge on any atom is 0.191 e. The molecule has 1 atom stereocenters. The Morgan fingerprint density at radius 1 is 1.14 bits per heavy atom. The third-order valence-electron chi connectivity index (χ3n) is 5.34. The number of rotatable bonds is 10. The first kappa shape index (κ1) is 22.5. The van der Waals surface area contributed by atoms with E-state index in [-0.39, 0.29) is 0 Å². The van der Waals surface area contributed by atoms with Gasteiger partial charge in [-0.3, -0.25) is 0 Å². The van der Waals surface area contributed by atoms with Gasteiger partial charge in [0.1, 0.15) is 5.82 Å². The van der Waals surface area contributed by atoms with Crippen molar-refractivity contribution in [3.8, 4) is 0 Å². The van der Waals surface area contributed by atoms with E-state index < -0.39 is 0 Å². The van der Waals surface area contributed by atoms with Crippen LogP contribution in [-0.4, -0.2) is 61.2 Å². The van der Waals surface area contributed by atoms with E-state index in [0.29, 0.717) is 12.6 Å². The zero-order valence-corrected chi connectivity index (χ0v) is 18.4. The van der Waals surface area contributed by atoms with Crippen molar-refractivity contribution < 1.29 is 0 Å². The summed E-state index contributed by atoms with van der Waals surface area (Å²) in [6.07, 6.45) is 6.98. The van der Waals surface area contributed by atoms with E-state index in [1.807, 2.05) is 6.20 Å². The molecule has 1 fully saturated rings. The van der Waals surface area contributed by atoms with Crippen LogP contribution in [0.5, 0.6) is 0 Å². The van der Waals surface area contributed by atoms with E-state index in [9.17, 15) is 0 Å². The molecule has 0 bridgehead atoms. The van der Waals surface area contributed by atoms with Crippen LogP contribution in [0.25, 0.3) is 0 Å². The zero-order chi connectivity index (χ0) is 20.2. The zero-order valence-electron chi connectivity index (χ0n) is 18.4. The van der Waals surface area contributed by atoms with Crippen LogP contribution in [0.2, 0.25) is 0 Å². The van der Waals surface area contributed by atoms with Crippen LogP contribution in [0.4, 0.5) is 5.82 Å². The third-order valence-corrected chi connectivity index (χ3v) is 5.34. The van der Waals surface area contributed by atoms with Crippen molar-refractivity contribution in [2.24, 2.45) is 4.99 Å². The average Bonchev–Trinajstić information content (AvgIpc) is 2.73. The van der Waals surface area contributed by atoms with E-state index >= 15 is 0 Å². The Kier molecular flexibility index (Phi) is 10.1. The number of nitrogens with one attached hydrogen (secondary N) is 2. The summed E-state index contributed by atoms with van der Waals surface area (Å²) in [7, 11) is 0. The molecule has 0 aliphatic carbocycles. The molecule has 28 heavy (non-hydrogen) atoms. The van der Waals surface area contributed by atoms with Crippen LogP contribution >= 0.6 is 0 Å². The second-order valence-corrected chi connectivity index (χ2v) is 7.68. The van der Waals surface area contributed by atoms with Gasteiger partial charge in [0.15, 0.2) is 5.96 Å². The van der Waals surface area contributed by atoms with Gasteiger partial charge in [-0.2, -0.15) is 0 Å². The first-order valence-electron chi connectivity index (χ1n) is 11.1.